The molecule has 7 nitrogen and oxygen atoms in total. The van der Waals surface area contributed by atoms with Crippen LogP contribution in [0.3, 0.4) is 0 Å². The minimum Gasteiger partial charge on any atom is -0.497 e. The summed E-state index contributed by atoms with van der Waals surface area (Å²) in [4.78, 5) is 7.34. The molecular weight excluding hydrogens is 406 g/mol. The Kier molecular flexibility index (Phi) is 7.29. The fraction of sp³-hybridized carbons (Fsp3) is 0.400. The van der Waals surface area contributed by atoms with E-state index in [1.165, 1.54) is 5.56 Å². The molecule has 32 heavy (non-hydrogen) atoms. The Morgan fingerprint density at radius 2 is 1.66 bits per heavy atom. The number of hydrogen-bond donors (Lipinski definition) is 1. The number of methoxy groups -OCH3 is 3. The zero-order chi connectivity index (χ0) is 22.3. The van der Waals surface area contributed by atoms with E-state index in [1.54, 1.807) is 21.3 Å². The molecule has 170 valence electrons. The molecule has 1 aromatic heterocycles. The van der Waals surface area contributed by atoms with E-state index in [-0.39, 0.29) is 0 Å². The first-order chi connectivity index (χ1) is 15.7. The third-order valence-electron chi connectivity index (χ3n) is 5.78. The highest BCUT2D eigenvalue weighted by atomic mass is 16.5. The number of fused-ring (bicyclic) bond motifs is 1. The first-order valence-corrected chi connectivity index (χ1v) is 10.9. The molecule has 1 saturated heterocycles. The fourth-order valence-corrected chi connectivity index (χ4v) is 4.01. The van der Waals surface area contributed by atoms with Gasteiger partial charge in [0.05, 0.1) is 34.5 Å². The van der Waals surface area contributed by atoms with Crippen LogP contribution in [0.5, 0.6) is 17.2 Å². The van der Waals surface area contributed by atoms with Crippen molar-refractivity contribution < 1.29 is 18.9 Å². The number of anilines is 1. The molecule has 0 radical (unpaired) electrons. The zero-order valence-electron chi connectivity index (χ0n) is 19.0. The van der Waals surface area contributed by atoms with E-state index in [9.17, 15) is 0 Å². The third kappa shape index (κ3) is 4.89. The number of ether oxygens (including phenoxy) is 4. The van der Waals surface area contributed by atoms with Gasteiger partial charge in [0.2, 0.25) is 0 Å². The molecule has 4 rings (SSSR count). The van der Waals surface area contributed by atoms with Gasteiger partial charge in [-0.15, -0.1) is 0 Å². The van der Waals surface area contributed by atoms with E-state index in [0.717, 1.165) is 65.6 Å². The summed E-state index contributed by atoms with van der Waals surface area (Å²) in [7, 11) is 5.04. The number of rotatable bonds is 9. The van der Waals surface area contributed by atoms with Crippen molar-refractivity contribution in [3.8, 4) is 17.2 Å². The monoisotopic (exact) mass is 437 g/mol. The van der Waals surface area contributed by atoms with Crippen LogP contribution in [0.25, 0.3) is 10.9 Å². The molecular formula is C25H31N3O4. The van der Waals surface area contributed by atoms with Gasteiger partial charge in [0.15, 0.2) is 0 Å². The number of aromatic nitrogens is 1. The second-order valence-electron chi connectivity index (χ2n) is 7.71. The molecule has 3 aromatic rings. The fourth-order valence-electron chi connectivity index (χ4n) is 4.01. The van der Waals surface area contributed by atoms with Crippen LogP contribution in [0.4, 0.5) is 5.82 Å². The molecule has 0 spiro atoms. The van der Waals surface area contributed by atoms with E-state index >= 15 is 0 Å². The van der Waals surface area contributed by atoms with Gasteiger partial charge in [-0.1, -0.05) is 12.1 Å². The van der Waals surface area contributed by atoms with Crippen molar-refractivity contribution in [1.82, 2.24) is 10.3 Å². The van der Waals surface area contributed by atoms with Crippen molar-refractivity contribution in [1.29, 1.82) is 0 Å². The zero-order valence-corrected chi connectivity index (χ0v) is 19.0. The quantitative estimate of drug-likeness (QED) is 0.515. The van der Waals surface area contributed by atoms with Crippen LogP contribution in [0.2, 0.25) is 0 Å². The SMILES string of the molecule is COc1ccc(CCNCc2cc3c(OC)ccc(OC)c3nc2N2CCOCC2)cc1. The van der Waals surface area contributed by atoms with Crippen molar-refractivity contribution in [3.63, 3.8) is 0 Å². The highest BCUT2D eigenvalue weighted by Crippen LogP contribution is 2.35. The van der Waals surface area contributed by atoms with Gasteiger partial charge in [-0.25, -0.2) is 4.98 Å². The Bertz CT molecular complexity index is 1030. The standard InChI is InChI=1S/C25H31N3O4/c1-29-20-6-4-18(5-7-20)10-11-26-17-19-16-21-22(30-2)8-9-23(31-3)24(21)27-25(19)28-12-14-32-15-13-28/h4-9,16,26H,10-15,17H2,1-3H3. The van der Waals surface area contributed by atoms with Crippen LogP contribution >= 0.6 is 0 Å². The van der Waals surface area contributed by atoms with Gasteiger partial charge in [0.1, 0.15) is 28.6 Å². The van der Waals surface area contributed by atoms with Crippen LogP contribution in [0, 0.1) is 0 Å². The Morgan fingerprint density at radius 3 is 2.34 bits per heavy atom. The molecule has 2 heterocycles. The summed E-state index contributed by atoms with van der Waals surface area (Å²) < 4.78 is 22.0. The van der Waals surface area contributed by atoms with Crippen LogP contribution in [0.15, 0.2) is 42.5 Å². The Balaban J connectivity index is 1.57. The summed E-state index contributed by atoms with van der Waals surface area (Å²) in [5, 5.41) is 4.54. The lowest BCUT2D eigenvalue weighted by Crippen LogP contribution is -2.37. The van der Waals surface area contributed by atoms with Gasteiger partial charge in [0.25, 0.3) is 0 Å². The summed E-state index contributed by atoms with van der Waals surface area (Å²) >= 11 is 0. The van der Waals surface area contributed by atoms with E-state index in [2.05, 4.69) is 28.4 Å². The lowest BCUT2D eigenvalue weighted by molar-refractivity contribution is 0.122. The summed E-state index contributed by atoms with van der Waals surface area (Å²) in [6, 6.07) is 14.2. The van der Waals surface area contributed by atoms with E-state index in [1.807, 2.05) is 24.3 Å². The molecule has 0 unspecified atom stereocenters. The van der Waals surface area contributed by atoms with E-state index in [0.29, 0.717) is 19.8 Å². The molecule has 0 atom stereocenters. The number of benzene rings is 2. The number of pyridine rings is 1. The molecule has 0 bridgehead atoms. The molecule has 1 fully saturated rings. The number of hydrogen-bond acceptors (Lipinski definition) is 7. The summed E-state index contributed by atoms with van der Waals surface area (Å²) in [5.74, 6) is 3.39. The molecule has 7 heteroatoms. The highest BCUT2D eigenvalue weighted by molar-refractivity contribution is 5.92. The van der Waals surface area contributed by atoms with Crippen molar-refractivity contribution in [3.05, 3.63) is 53.6 Å². The molecule has 1 aliphatic heterocycles. The van der Waals surface area contributed by atoms with Gasteiger partial charge in [-0.3, -0.25) is 0 Å². The minimum atomic E-state index is 0.708. The summed E-state index contributed by atoms with van der Waals surface area (Å²) in [6.45, 7) is 4.64. The molecule has 0 saturated carbocycles. The predicted octanol–water partition coefficient (Wildman–Crippen LogP) is 3.43. The third-order valence-corrected chi connectivity index (χ3v) is 5.78. The second kappa shape index (κ2) is 10.5. The average molecular weight is 438 g/mol. The Hall–Kier alpha value is -3.03. The predicted molar refractivity (Wildman–Crippen MR) is 126 cm³/mol. The lowest BCUT2D eigenvalue weighted by Gasteiger charge is -2.30. The van der Waals surface area contributed by atoms with Crippen molar-refractivity contribution >= 4 is 16.7 Å². The molecule has 1 N–H and O–H groups in total. The second-order valence-corrected chi connectivity index (χ2v) is 7.71. The maximum atomic E-state index is 5.61. The van der Waals surface area contributed by atoms with Gasteiger partial charge in [-0.2, -0.15) is 0 Å². The average Bonchev–Trinajstić information content (AvgIpc) is 2.86. The van der Waals surface area contributed by atoms with Crippen LogP contribution < -0.4 is 24.4 Å². The summed E-state index contributed by atoms with van der Waals surface area (Å²) in [5.41, 5.74) is 3.23. The molecule has 0 amide bonds. The maximum Gasteiger partial charge on any atom is 0.145 e. The largest absolute Gasteiger partial charge is 0.497 e. The maximum absolute atomic E-state index is 5.61. The molecule has 0 aliphatic carbocycles. The lowest BCUT2D eigenvalue weighted by atomic mass is 10.1. The number of nitrogens with one attached hydrogen (secondary N) is 1. The molecule has 1 aliphatic rings. The Morgan fingerprint density at radius 1 is 0.938 bits per heavy atom. The minimum absolute atomic E-state index is 0.708. The topological polar surface area (TPSA) is 65.1 Å². The van der Waals surface area contributed by atoms with Gasteiger partial charge in [0, 0.05) is 30.6 Å². The van der Waals surface area contributed by atoms with Crippen molar-refractivity contribution in [2.75, 3.05) is 59.1 Å². The van der Waals surface area contributed by atoms with Crippen molar-refractivity contribution in [2.45, 2.75) is 13.0 Å². The van der Waals surface area contributed by atoms with Crippen molar-refractivity contribution in [2.24, 2.45) is 0 Å². The van der Waals surface area contributed by atoms with E-state index < -0.39 is 0 Å². The number of morpholine rings is 1. The van der Waals surface area contributed by atoms with Crippen LogP contribution in [-0.2, 0) is 17.7 Å². The first-order valence-electron chi connectivity index (χ1n) is 10.9. The first kappa shape index (κ1) is 22.2. The van der Waals surface area contributed by atoms with E-state index in [4.69, 9.17) is 23.9 Å². The number of nitrogens with zero attached hydrogens (tertiary/aromatic N) is 2. The molecule has 2 aromatic carbocycles. The highest BCUT2D eigenvalue weighted by Gasteiger charge is 2.20. The van der Waals surface area contributed by atoms with Gasteiger partial charge >= 0.3 is 0 Å². The Labute approximate surface area is 189 Å². The van der Waals surface area contributed by atoms with Crippen LogP contribution in [0.1, 0.15) is 11.1 Å². The summed E-state index contributed by atoms with van der Waals surface area (Å²) in [6.07, 6.45) is 0.940. The van der Waals surface area contributed by atoms with Gasteiger partial charge < -0.3 is 29.2 Å². The smallest absolute Gasteiger partial charge is 0.145 e. The van der Waals surface area contributed by atoms with Gasteiger partial charge in [-0.05, 0) is 48.9 Å². The normalized spacial score (nSPS) is 13.9. The van der Waals surface area contributed by atoms with Crippen LogP contribution in [-0.4, -0.2) is 59.2 Å².